The van der Waals surface area contributed by atoms with E-state index in [9.17, 15) is 19.2 Å². The van der Waals surface area contributed by atoms with Crippen molar-refractivity contribution in [1.82, 2.24) is 4.90 Å². The van der Waals surface area contributed by atoms with Gasteiger partial charge in [0.1, 0.15) is 0 Å². The molecule has 1 saturated heterocycles. The molecule has 0 bridgehead atoms. The Morgan fingerprint density at radius 3 is 2.10 bits per heavy atom. The van der Waals surface area contributed by atoms with Crippen LogP contribution >= 0.6 is 0 Å². The van der Waals surface area contributed by atoms with E-state index in [1.54, 1.807) is 29.2 Å². The Labute approximate surface area is 181 Å². The minimum absolute atomic E-state index is 0.0230. The van der Waals surface area contributed by atoms with Crippen molar-refractivity contribution >= 4 is 29.3 Å². The van der Waals surface area contributed by atoms with Crippen molar-refractivity contribution in [2.75, 3.05) is 25.0 Å². The standard InChI is InChI=1S/C24H26N2O5/c1-17(27)19-8-10-21(11-9-19)25-22(29)16-31-23(30)24(20-6-4-3-5-7-20)12-14-26(15-13-24)18(2)28/h3-11H,12-16H2,1-2H3,(H,25,29). The third-order valence-corrected chi connectivity index (χ3v) is 5.69. The molecule has 2 amide bonds. The molecule has 1 fully saturated rings. The van der Waals surface area contributed by atoms with Crippen LogP contribution in [-0.4, -0.2) is 48.2 Å². The smallest absolute Gasteiger partial charge is 0.317 e. The zero-order chi connectivity index (χ0) is 22.4. The molecule has 1 aliphatic rings. The van der Waals surface area contributed by atoms with Crippen LogP contribution in [0.2, 0.25) is 0 Å². The van der Waals surface area contributed by atoms with E-state index in [4.69, 9.17) is 4.74 Å². The second-order valence-electron chi connectivity index (χ2n) is 7.71. The molecular formula is C24H26N2O5. The number of nitrogens with zero attached hydrogens (tertiary/aromatic N) is 1. The lowest BCUT2D eigenvalue weighted by molar-refractivity contribution is -0.156. The number of rotatable bonds is 6. The van der Waals surface area contributed by atoms with Crippen molar-refractivity contribution in [3.05, 3.63) is 65.7 Å². The number of hydrogen-bond acceptors (Lipinski definition) is 5. The molecule has 0 aliphatic carbocycles. The molecule has 0 atom stereocenters. The van der Waals surface area contributed by atoms with Gasteiger partial charge in [0.15, 0.2) is 12.4 Å². The molecule has 3 rings (SSSR count). The number of ether oxygens (including phenoxy) is 1. The second-order valence-corrected chi connectivity index (χ2v) is 7.71. The quantitative estimate of drug-likeness (QED) is 0.571. The molecule has 2 aromatic rings. The number of likely N-dealkylation sites (tertiary alicyclic amines) is 1. The number of Topliss-reactive ketones (excluding diaryl/α,β-unsaturated/α-hetero) is 1. The van der Waals surface area contributed by atoms with Crippen molar-refractivity contribution in [3.63, 3.8) is 0 Å². The van der Waals surface area contributed by atoms with Crippen LogP contribution in [0.1, 0.15) is 42.6 Å². The zero-order valence-electron chi connectivity index (χ0n) is 17.7. The zero-order valence-corrected chi connectivity index (χ0v) is 17.7. The minimum atomic E-state index is -0.892. The van der Waals surface area contributed by atoms with Crippen LogP contribution in [0.25, 0.3) is 0 Å². The Bertz CT molecular complexity index is 961. The van der Waals surface area contributed by atoms with E-state index < -0.39 is 23.9 Å². The molecule has 0 saturated carbocycles. The fraction of sp³-hybridized carbons (Fsp3) is 0.333. The first-order chi connectivity index (χ1) is 14.8. The number of anilines is 1. The van der Waals surface area contributed by atoms with Crippen molar-refractivity contribution in [2.24, 2.45) is 0 Å². The van der Waals surface area contributed by atoms with Crippen LogP contribution in [0.15, 0.2) is 54.6 Å². The SMILES string of the molecule is CC(=O)c1ccc(NC(=O)COC(=O)C2(c3ccccc3)CCN(C(C)=O)CC2)cc1. The Hall–Kier alpha value is -3.48. The van der Waals surface area contributed by atoms with Gasteiger partial charge in [-0.25, -0.2) is 0 Å². The summed E-state index contributed by atoms with van der Waals surface area (Å²) in [5, 5.41) is 2.66. The van der Waals surface area contributed by atoms with Gasteiger partial charge in [0.2, 0.25) is 5.91 Å². The molecule has 7 nitrogen and oxygen atoms in total. The van der Waals surface area contributed by atoms with Gasteiger partial charge in [0.25, 0.3) is 5.91 Å². The highest BCUT2D eigenvalue weighted by molar-refractivity contribution is 5.96. The topological polar surface area (TPSA) is 92.8 Å². The summed E-state index contributed by atoms with van der Waals surface area (Å²) in [4.78, 5) is 50.2. The molecule has 7 heteroatoms. The third-order valence-electron chi connectivity index (χ3n) is 5.69. The van der Waals surface area contributed by atoms with E-state index in [1.165, 1.54) is 13.8 Å². The van der Waals surface area contributed by atoms with Crippen molar-refractivity contribution in [3.8, 4) is 0 Å². The molecule has 0 aromatic heterocycles. The minimum Gasteiger partial charge on any atom is -0.455 e. The second kappa shape index (κ2) is 9.55. The Kier molecular flexibility index (Phi) is 6.84. The van der Waals surface area contributed by atoms with Crippen molar-refractivity contribution in [2.45, 2.75) is 32.1 Å². The molecule has 0 unspecified atom stereocenters. The number of carbonyl (C=O) groups excluding carboxylic acids is 4. The number of carbonyl (C=O) groups is 4. The van der Waals surface area contributed by atoms with E-state index in [2.05, 4.69) is 5.32 Å². The molecule has 0 spiro atoms. The number of hydrogen-bond donors (Lipinski definition) is 1. The first-order valence-corrected chi connectivity index (χ1v) is 10.2. The number of ketones is 1. The fourth-order valence-corrected chi connectivity index (χ4v) is 3.83. The Balaban J connectivity index is 1.66. The molecular weight excluding hydrogens is 396 g/mol. The number of piperidine rings is 1. The lowest BCUT2D eigenvalue weighted by atomic mass is 9.72. The summed E-state index contributed by atoms with van der Waals surface area (Å²) in [5.41, 5.74) is 0.990. The first kappa shape index (κ1) is 22.2. The van der Waals surface area contributed by atoms with Crippen LogP contribution in [0.4, 0.5) is 5.69 Å². The van der Waals surface area contributed by atoms with Crippen LogP contribution in [-0.2, 0) is 24.5 Å². The maximum absolute atomic E-state index is 13.1. The van der Waals surface area contributed by atoms with Crippen LogP contribution in [0.5, 0.6) is 0 Å². The molecule has 1 aliphatic heterocycles. The van der Waals surface area contributed by atoms with Crippen LogP contribution < -0.4 is 5.32 Å². The monoisotopic (exact) mass is 422 g/mol. The molecule has 2 aromatic carbocycles. The summed E-state index contributed by atoms with van der Waals surface area (Å²) >= 11 is 0. The summed E-state index contributed by atoms with van der Waals surface area (Å²) in [6, 6.07) is 15.8. The van der Waals surface area contributed by atoms with Gasteiger partial charge in [-0.3, -0.25) is 19.2 Å². The third kappa shape index (κ3) is 5.17. The first-order valence-electron chi connectivity index (χ1n) is 10.2. The van der Waals surface area contributed by atoms with Gasteiger partial charge in [-0.1, -0.05) is 30.3 Å². The highest BCUT2D eigenvalue weighted by atomic mass is 16.5. The summed E-state index contributed by atoms with van der Waals surface area (Å²) in [6.07, 6.45) is 0.868. The molecule has 31 heavy (non-hydrogen) atoms. The van der Waals surface area contributed by atoms with E-state index in [-0.39, 0.29) is 11.7 Å². The van der Waals surface area contributed by atoms with Gasteiger partial charge in [-0.2, -0.15) is 0 Å². The predicted molar refractivity (Wildman–Crippen MR) is 116 cm³/mol. The maximum Gasteiger partial charge on any atom is 0.317 e. The maximum atomic E-state index is 13.1. The van der Waals surface area contributed by atoms with Crippen LogP contribution in [0, 0.1) is 0 Å². The summed E-state index contributed by atoms with van der Waals surface area (Å²) < 4.78 is 5.42. The van der Waals surface area contributed by atoms with E-state index >= 15 is 0 Å². The normalized spacial score (nSPS) is 15.1. The largest absolute Gasteiger partial charge is 0.455 e. The van der Waals surface area contributed by atoms with E-state index in [1.807, 2.05) is 30.3 Å². The van der Waals surface area contributed by atoms with Crippen molar-refractivity contribution in [1.29, 1.82) is 0 Å². The van der Waals surface area contributed by atoms with Gasteiger partial charge < -0.3 is 15.0 Å². The van der Waals surface area contributed by atoms with Gasteiger partial charge in [0.05, 0.1) is 5.41 Å². The van der Waals surface area contributed by atoms with Gasteiger partial charge in [0, 0.05) is 31.3 Å². The number of benzene rings is 2. The number of esters is 1. The number of nitrogens with one attached hydrogen (secondary N) is 1. The van der Waals surface area contributed by atoms with E-state index in [0.717, 1.165) is 5.56 Å². The molecule has 0 radical (unpaired) electrons. The molecule has 1 N–H and O–H groups in total. The lowest BCUT2D eigenvalue weighted by Crippen LogP contribution is -2.49. The fourth-order valence-electron chi connectivity index (χ4n) is 3.83. The molecule has 1 heterocycles. The van der Waals surface area contributed by atoms with Gasteiger partial charge in [-0.15, -0.1) is 0 Å². The Morgan fingerprint density at radius 1 is 0.935 bits per heavy atom. The number of amides is 2. The van der Waals surface area contributed by atoms with Gasteiger partial charge in [-0.05, 0) is 49.6 Å². The Morgan fingerprint density at radius 2 is 1.55 bits per heavy atom. The summed E-state index contributed by atoms with van der Waals surface area (Å²) in [7, 11) is 0. The predicted octanol–water partition coefficient (Wildman–Crippen LogP) is 2.95. The van der Waals surface area contributed by atoms with Crippen LogP contribution in [0.3, 0.4) is 0 Å². The van der Waals surface area contributed by atoms with Crippen molar-refractivity contribution < 1.29 is 23.9 Å². The summed E-state index contributed by atoms with van der Waals surface area (Å²) in [5.74, 6) is -1.02. The highest BCUT2D eigenvalue weighted by Gasteiger charge is 2.44. The summed E-state index contributed by atoms with van der Waals surface area (Å²) in [6.45, 7) is 3.47. The average molecular weight is 422 g/mol. The van der Waals surface area contributed by atoms with Gasteiger partial charge >= 0.3 is 5.97 Å². The lowest BCUT2D eigenvalue weighted by Gasteiger charge is -2.40. The molecule has 162 valence electrons. The average Bonchev–Trinajstić information content (AvgIpc) is 2.78. The highest BCUT2D eigenvalue weighted by Crippen LogP contribution is 2.37. The van der Waals surface area contributed by atoms with E-state index in [0.29, 0.717) is 37.2 Å².